The van der Waals surface area contributed by atoms with Crippen LogP contribution in [-0.2, 0) is 36.6 Å². The number of hydrogen-bond acceptors (Lipinski definition) is 13. The van der Waals surface area contributed by atoms with E-state index in [1.807, 2.05) is 44.2 Å². The van der Waals surface area contributed by atoms with Crippen molar-refractivity contribution in [2.24, 2.45) is 23.2 Å². The molecule has 2 saturated heterocycles. The minimum Gasteiger partial charge on any atom is -0.508 e. The summed E-state index contributed by atoms with van der Waals surface area (Å²) >= 11 is 0. The molecule has 3 aromatic rings. The van der Waals surface area contributed by atoms with E-state index in [1.165, 1.54) is 44.4 Å². The van der Waals surface area contributed by atoms with Gasteiger partial charge in [-0.2, -0.15) is 0 Å². The van der Waals surface area contributed by atoms with Gasteiger partial charge in [-0.05, 0) is 144 Å². The number of likely N-dealkylation sites (tertiary alicyclic amines) is 1. The number of methoxy groups -OCH3 is 1. The molecular formula is C55H73N5O11. The van der Waals surface area contributed by atoms with Crippen molar-refractivity contribution in [3.63, 3.8) is 0 Å². The van der Waals surface area contributed by atoms with Gasteiger partial charge in [0.1, 0.15) is 16.9 Å². The molecule has 7 N–H and O–H groups in total. The number of aromatic hydroxyl groups is 2. The number of rotatable bonds is 11. The lowest BCUT2D eigenvalue weighted by Crippen LogP contribution is -2.76. The Balaban J connectivity index is 0.000000145. The van der Waals surface area contributed by atoms with Gasteiger partial charge in [0.05, 0.1) is 23.7 Å². The second-order valence-electron chi connectivity index (χ2n) is 21.2. The summed E-state index contributed by atoms with van der Waals surface area (Å²) in [6.45, 7) is 11.7. The highest BCUT2D eigenvalue weighted by Crippen LogP contribution is 2.65. The third-order valence-corrected chi connectivity index (χ3v) is 15.5. The van der Waals surface area contributed by atoms with E-state index in [-0.39, 0.29) is 41.6 Å². The summed E-state index contributed by atoms with van der Waals surface area (Å²) in [7, 11) is 5.81. The molecule has 10 rings (SSSR count). The maximum Gasteiger partial charge on any atom is 0.328 e. The minimum atomic E-state index is -1.19. The first-order valence-corrected chi connectivity index (χ1v) is 25.1. The Hall–Kier alpha value is -5.81. The molecule has 3 heterocycles. The number of barbiturate groups is 1. The van der Waals surface area contributed by atoms with E-state index in [9.17, 15) is 39.3 Å². The molecule has 6 atom stereocenters. The number of phenols is 2. The number of anilines is 1. The molecule has 3 aliphatic heterocycles. The van der Waals surface area contributed by atoms with Crippen LogP contribution in [-0.4, -0.2) is 118 Å². The van der Waals surface area contributed by atoms with Gasteiger partial charge < -0.3 is 40.1 Å². The van der Waals surface area contributed by atoms with Crippen molar-refractivity contribution in [2.75, 3.05) is 46.2 Å². The normalized spacial score (nSPS) is 27.7. The van der Waals surface area contributed by atoms with Gasteiger partial charge >= 0.3 is 6.03 Å². The summed E-state index contributed by atoms with van der Waals surface area (Å²) in [5.74, 6) is 1.69. The number of phenolic OH excluding ortho intramolecular Hbond substituents is 2. The number of carbonyl (C=O) groups is 5. The molecule has 0 aromatic heterocycles. The van der Waals surface area contributed by atoms with Crippen LogP contribution in [0.2, 0.25) is 0 Å². The van der Waals surface area contributed by atoms with E-state index in [0.717, 1.165) is 80.1 Å². The van der Waals surface area contributed by atoms with Crippen molar-refractivity contribution < 1.29 is 53.9 Å². The number of ketones is 1. The molecular weight excluding hydrogens is 907 g/mol. The van der Waals surface area contributed by atoms with Gasteiger partial charge in [-0.15, -0.1) is 6.58 Å². The van der Waals surface area contributed by atoms with Gasteiger partial charge in [0, 0.05) is 49.6 Å². The maximum atomic E-state index is 12.7. The Bertz CT molecular complexity index is 2450. The fraction of sp³-hybridized carbons (Fsp3) is 0.545. The Morgan fingerprint density at radius 2 is 1.68 bits per heavy atom. The molecule has 0 unspecified atom stereocenters. The standard InChI is InChI=1S/C20H23NO4.C16H25NO2.C11H16N2O3.C8H9NO2/c22-13-4-3-12-9-15-20(24)6-5-14(23)18-19(20,16(12)17(13)25-18)7-8-21(15)10-11-1-2-11;1-17(2)12-14-7-4-5-10-16(14,18)13-8-6-9-15(11-13)19-3;1-4-5-11(6-7(2)3)8(14)12-10(16)13-9(11)15;1-6(10)9-7-2-4-8(11)5-3-7/h3-4,11,15,18,22,24H,1-2,5-10H2;6,8-9,11,14,18H,4-5,7,10,12H2,1-3H3;4,7H,1,5-6H2,2-3H3,(H2,12,13,14,15,16);2-5,11H,1H3,(H,9,10)/t15-,18+,19+,20-;14-,16+;;/m11../s1. The van der Waals surface area contributed by atoms with Gasteiger partial charge in [0.25, 0.3) is 0 Å². The molecule has 16 heteroatoms. The molecule has 0 radical (unpaired) electrons. The number of Topliss-reactive ketones (excluding diaryl/α,β-unsaturated/α-hetero) is 1. The minimum absolute atomic E-state index is 0.0454. The van der Waals surface area contributed by atoms with Crippen molar-refractivity contribution in [2.45, 2.75) is 127 Å². The van der Waals surface area contributed by atoms with E-state index in [4.69, 9.17) is 14.6 Å². The van der Waals surface area contributed by atoms with E-state index in [1.54, 1.807) is 25.3 Å². The summed E-state index contributed by atoms with van der Waals surface area (Å²) < 4.78 is 11.3. The number of amides is 5. The molecule has 3 aromatic carbocycles. The summed E-state index contributed by atoms with van der Waals surface area (Å²) in [4.78, 5) is 62.5. The van der Waals surface area contributed by atoms with Crippen molar-refractivity contribution in [1.82, 2.24) is 20.4 Å². The van der Waals surface area contributed by atoms with Crippen molar-refractivity contribution in [1.29, 1.82) is 0 Å². The Kier molecular flexibility index (Phi) is 16.0. The fourth-order valence-electron chi connectivity index (χ4n) is 12.2. The number of ether oxygens (including phenoxy) is 2. The van der Waals surface area contributed by atoms with Crippen LogP contribution < -0.4 is 25.4 Å². The SMILES string of the molecule is C=CCC1(CC(C)C)C(=O)NC(=O)NC1=O.CC(=O)Nc1ccc(O)cc1.COc1cccc([C@@]2(O)CCCC[C@@H]2CN(C)C)c1.O=C1CC[C@@]2(O)[C@H]3Cc4ccc(O)c5c4[C@@]2(CCN3CC2CC2)[C@H]1O5. The molecule has 2 bridgehead atoms. The maximum absolute atomic E-state index is 12.7. The van der Waals surface area contributed by atoms with Gasteiger partial charge in [-0.1, -0.05) is 51.0 Å². The number of allylic oxidation sites excluding steroid dienone is 1. The second-order valence-corrected chi connectivity index (χ2v) is 21.2. The molecule has 7 aliphatic rings. The Labute approximate surface area is 417 Å². The smallest absolute Gasteiger partial charge is 0.328 e. The molecule has 384 valence electrons. The van der Waals surface area contributed by atoms with Crippen LogP contribution in [0.25, 0.3) is 0 Å². The van der Waals surface area contributed by atoms with Crippen molar-refractivity contribution >= 4 is 35.2 Å². The van der Waals surface area contributed by atoms with Gasteiger partial charge in [0.2, 0.25) is 17.7 Å². The number of carbonyl (C=O) groups excluding carboxylic acids is 5. The lowest BCUT2D eigenvalue weighted by molar-refractivity contribution is -0.188. The van der Waals surface area contributed by atoms with Crippen LogP contribution in [0.1, 0.15) is 108 Å². The summed E-state index contributed by atoms with van der Waals surface area (Å²) in [5.41, 5.74) is 0.240. The third-order valence-electron chi connectivity index (χ3n) is 15.5. The molecule has 5 amide bonds. The number of hydrogen-bond donors (Lipinski definition) is 7. The third kappa shape index (κ3) is 10.7. The first-order chi connectivity index (χ1) is 33.7. The van der Waals surface area contributed by atoms with Crippen LogP contribution in [0.15, 0.2) is 73.3 Å². The zero-order valence-electron chi connectivity index (χ0n) is 42.1. The van der Waals surface area contributed by atoms with E-state index in [2.05, 4.69) is 46.4 Å². The largest absolute Gasteiger partial charge is 0.508 e. The van der Waals surface area contributed by atoms with Gasteiger partial charge in [-0.3, -0.25) is 34.7 Å². The number of imide groups is 2. The zero-order valence-corrected chi connectivity index (χ0v) is 42.1. The highest BCUT2D eigenvalue weighted by molar-refractivity contribution is 6.19. The van der Waals surface area contributed by atoms with Crippen LogP contribution in [0.4, 0.5) is 10.5 Å². The van der Waals surface area contributed by atoms with E-state index >= 15 is 0 Å². The molecule has 5 fully saturated rings. The van der Waals surface area contributed by atoms with Gasteiger partial charge in [-0.25, -0.2) is 4.79 Å². The summed E-state index contributed by atoms with van der Waals surface area (Å²) in [5, 5.41) is 49.2. The fourth-order valence-corrected chi connectivity index (χ4v) is 12.2. The average Bonchev–Trinajstić information content (AvgIpc) is 4.07. The number of nitrogens with zero attached hydrogens (tertiary/aromatic N) is 2. The first kappa shape index (κ1) is 53.0. The van der Waals surface area contributed by atoms with Crippen molar-refractivity contribution in [3.8, 4) is 23.0 Å². The monoisotopic (exact) mass is 980 g/mol. The number of piperidine rings is 1. The van der Waals surface area contributed by atoms with Crippen LogP contribution in [0.5, 0.6) is 23.0 Å². The van der Waals surface area contributed by atoms with Crippen LogP contribution in [0.3, 0.4) is 0 Å². The zero-order chi connectivity index (χ0) is 51.5. The highest BCUT2D eigenvalue weighted by Gasteiger charge is 2.73. The predicted octanol–water partition coefficient (Wildman–Crippen LogP) is 6.47. The Morgan fingerprint density at radius 1 is 0.972 bits per heavy atom. The van der Waals surface area contributed by atoms with Gasteiger partial charge in [0.15, 0.2) is 23.4 Å². The van der Waals surface area contributed by atoms with E-state index < -0.39 is 46.0 Å². The van der Waals surface area contributed by atoms with Crippen molar-refractivity contribution in [3.05, 3.63) is 90.0 Å². The topological polar surface area (TPSA) is 227 Å². The summed E-state index contributed by atoms with van der Waals surface area (Å²) in [6, 6.07) is 17.1. The average molecular weight is 980 g/mol. The number of urea groups is 1. The number of aliphatic hydroxyl groups is 2. The lowest BCUT2D eigenvalue weighted by atomic mass is 9.49. The number of nitrogens with one attached hydrogen (secondary N) is 3. The first-order valence-electron chi connectivity index (χ1n) is 25.1. The highest BCUT2D eigenvalue weighted by atomic mass is 16.5. The van der Waals surface area contributed by atoms with Crippen LogP contribution in [0, 0.1) is 23.2 Å². The van der Waals surface area contributed by atoms with E-state index in [0.29, 0.717) is 36.6 Å². The molecule has 16 nitrogen and oxygen atoms in total. The quantitative estimate of drug-likeness (QED) is 0.0622. The molecule has 4 aliphatic carbocycles. The molecule has 71 heavy (non-hydrogen) atoms. The summed E-state index contributed by atoms with van der Waals surface area (Å²) in [6.07, 6.45) is 10.7. The molecule has 1 spiro atoms. The van der Waals surface area contributed by atoms with Crippen LogP contribution >= 0.6 is 0 Å². The molecule has 3 saturated carbocycles. The lowest BCUT2D eigenvalue weighted by Gasteiger charge is -2.62. The number of benzene rings is 3. The predicted molar refractivity (Wildman–Crippen MR) is 268 cm³/mol. The Morgan fingerprint density at radius 3 is 2.30 bits per heavy atom. The second kappa shape index (κ2) is 21.5.